The zero-order valence-corrected chi connectivity index (χ0v) is 14.6. The Morgan fingerprint density at radius 1 is 1.26 bits per heavy atom. The fraction of sp³-hybridized carbons (Fsp3) is 0.765. The average Bonchev–Trinajstić information content (AvgIpc) is 2.94. The molecule has 0 saturated carbocycles. The Labute approximate surface area is 139 Å². The smallest absolute Gasteiger partial charge is 0.228 e. The van der Waals surface area contributed by atoms with Crippen molar-refractivity contribution in [3.63, 3.8) is 0 Å². The van der Waals surface area contributed by atoms with Gasteiger partial charge in [0.1, 0.15) is 0 Å². The van der Waals surface area contributed by atoms with E-state index in [2.05, 4.69) is 32.0 Å². The number of hydrogen-bond donors (Lipinski definition) is 1. The summed E-state index contributed by atoms with van der Waals surface area (Å²) in [5.41, 5.74) is 1.40. The maximum atomic E-state index is 5.55. The fourth-order valence-corrected chi connectivity index (χ4v) is 3.54. The van der Waals surface area contributed by atoms with Crippen LogP contribution >= 0.6 is 0 Å². The summed E-state index contributed by atoms with van der Waals surface area (Å²) in [7, 11) is 0. The highest BCUT2D eigenvalue weighted by atomic mass is 16.5. The van der Waals surface area contributed by atoms with Crippen LogP contribution < -0.4 is 15.0 Å². The second-order valence-corrected chi connectivity index (χ2v) is 7.08. The fourth-order valence-electron chi connectivity index (χ4n) is 3.54. The maximum Gasteiger partial charge on any atom is 0.228 e. The number of nitrogens with one attached hydrogen (secondary N) is 1. The summed E-state index contributed by atoms with van der Waals surface area (Å²) in [5.74, 6) is 1.49. The van der Waals surface area contributed by atoms with E-state index in [1.54, 1.807) is 0 Å². The van der Waals surface area contributed by atoms with Crippen LogP contribution in [0, 0.1) is 12.3 Å². The average molecular weight is 319 g/mol. The number of anilines is 1. The Kier molecular flexibility index (Phi) is 5.02. The second-order valence-electron chi connectivity index (χ2n) is 7.08. The van der Waals surface area contributed by atoms with E-state index in [1.165, 1.54) is 13.0 Å². The third-order valence-electron chi connectivity index (χ3n) is 4.83. The first-order chi connectivity index (χ1) is 11.1. The number of rotatable bonds is 5. The van der Waals surface area contributed by atoms with Gasteiger partial charge in [0.2, 0.25) is 11.8 Å². The summed E-state index contributed by atoms with van der Waals surface area (Å²) in [4.78, 5) is 14.0. The highest BCUT2D eigenvalue weighted by Crippen LogP contribution is 2.26. The van der Waals surface area contributed by atoms with Gasteiger partial charge in [-0.25, -0.2) is 4.98 Å². The SMILES string of the molecule is CCOc1cc(C)nc(N2CCN(CC3(C)CCNC3)CC2)n1. The van der Waals surface area contributed by atoms with Crippen molar-refractivity contribution in [1.82, 2.24) is 20.2 Å². The van der Waals surface area contributed by atoms with Crippen LogP contribution in [0.25, 0.3) is 0 Å². The highest BCUT2D eigenvalue weighted by molar-refractivity contribution is 5.35. The van der Waals surface area contributed by atoms with Crippen molar-refractivity contribution in [2.75, 3.05) is 57.3 Å². The van der Waals surface area contributed by atoms with Crippen LogP contribution in [0.5, 0.6) is 5.88 Å². The molecule has 0 amide bonds. The number of aromatic nitrogens is 2. The topological polar surface area (TPSA) is 53.5 Å². The van der Waals surface area contributed by atoms with Crippen molar-refractivity contribution in [1.29, 1.82) is 0 Å². The number of hydrogen-bond acceptors (Lipinski definition) is 6. The van der Waals surface area contributed by atoms with Gasteiger partial charge in [-0.1, -0.05) is 6.92 Å². The molecule has 1 aromatic heterocycles. The molecular weight excluding hydrogens is 290 g/mol. The molecule has 3 rings (SSSR count). The summed E-state index contributed by atoms with van der Waals surface area (Å²) >= 11 is 0. The van der Waals surface area contributed by atoms with Gasteiger partial charge in [-0.2, -0.15) is 4.98 Å². The van der Waals surface area contributed by atoms with E-state index in [0.29, 0.717) is 17.9 Å². The molecule has 0 aliphatic carbocycles. The molecular formula is C17H29N5O. The van der Waals surface area contributed by atoms with Gasteiger partial charge in [-0.15, -0.1) is 0 Å². The number of ether oxygens (including phenoxy) is 1. The predicted molar refractivity (Wildman–Crippen MR) is 92.2 cm³/mol. The quantitative estimate of drug-likeness (QED) is 0.883. The molecule has 1 unspecified atom stereocenters. The van der Waals surface area contributed by atoms with Gasteiger partial charge in [-0.05, 0) is 32.2 Å². The van der Waals surface area contributed by atoms with Crippen LogP contribution in [-0.4, -0.2) is 67.3 Å². The van der Waals surface area contributed by atoms with Gasteiger partial charge >= 0.3 is 0 Å². The molecule has 0 aromatic carbocycles. The number of piperazine rings is 1. The van der Waals surface area contributed by atoms with Crippen molar-refractivity contribution in [2.24, 2.45) is 5.41 Å². The van der Waals surface area contributed by atoms with Crippen molar-refractivity contribution in [3.05, 3.63) is 11.8 Å². The Balaban J connectivity index is 1.58. The van der Waals surface area contributed by atoms with Crippen molar-refractivity contribution < 1.29 is 4.74 Å². The minimum atomic E-state index is 0.435. The maximum absolute atomic E-state index is 5.55. The monoisotopic (exact) mass is 319 g/mol. The zero-order valence-electron chi connectivity index (χ0n) is 14.6. The molecule has 0 spiro atoms. The summed E-state index contributed by atoms with van der Waals surface area (Å²) in [6, 6.07) is 1.90. The lowest BCUT2D eigenvalue weighted by molar-refractivity contribution is 0.169. The lowest BCUT2D eigenvalue weighted by atomic mass is 9.89. The molecule has 2 aliphatic heterocycles. The Hall–Kier alpha value is -1.40. The third-order valence-corrected chi connectivity index (χ3v) is 4.83. The van der Waals surface area contributed by atoms with Crippen LogP contribution in [0.3, 0.4) is 0 Å². The molecule has 23 heavy (non-hydrogen) atoms. The summed E-state index contributed by atoms with van der Waals surface area (Å²) < 4.78 is 5.55. The lowest BCUT2D eigenvalue weighted by Crippen LogP contribution is -2.50. The molecule has 0 radical (unpaired) electrons. The van der Waals surface area contributed by atoms with Crippen molar-refractivity contribution in [2.45, 2.75) is 27.2 Å². The van der Waals surface area contributed by atoms with Crippen LogP contribution in [0.1, 0.15) is 26.0 Å². The number of nitrogens with zero attached hydrogens (tertiary/aromatic N) is 4. The molecule has 1 atom stereocenters. The molecule has 2 saturated heterocycles. The van der Waals surface area contributed by atoms with E-state index in [9.17, 15) is 0 Å². The third kappa shape index (κ3) is 4.12. The summed E-state index contributed by atoms with van der Waals surface area (Å²) in [6.45, 7) is 14.6. The molecule has 1 N–H and O–H groups in total. The zero-order chi connectivity index (χ0) is 16.3. The van der Waals surface area contributed by atoms with E-state index in [0.717, 1.165) is 50.9 Å². The summed E-state index contributed by atoms with van der Waals surface area (Å²) in [6.07, 6.45) is 1.28. The van der Waals surface area contributed by atoms with Gasteiger partial charge in [0.25, 0.3) is 0 Å². The molecule has 1 aromatic rings. The largest absolute Gasteiger partial charge is 0.478 e. The Bertz CT molecular complexity index is 522. The Morgan fingerprint density at radius 2 is 2.04 bits per heavy atom. The van der Waals surface area contributed by atoms with Crippen LogP contribution in [-0.2, 0) is 0 Å². The molecule has 128 valence electrons. The van der Waals surface area contributed by atoms with Crippen molar-refractivity contribution >= 4 is 5.95 Å². The summed E-state index contributed by atoms with van der Waals surface area (Å²) in [5, 5.41) is 3.49. The second kappa shape index (κ2) is 7.01. The normalized spacial score (nSPS) is 25.8. The van der Waals surface area contributed by atoms with Crippen LogP contribution in [0.4, 0.5) is 5.95 Å². The molecule has 3 heterocycles. The van der Waals surface area contributed by atoms with Crippen molar-refractivity contribution in [3.8, 4) is 5.88 Å². The van der Waals surface area contributed by atoms with Gasteiger partial charge in [0.15, 0.2) is 0 Å². The minimum absolute atomic E-state index is 0.435. The first-order valence-corrected chi connectivity index (χ1v) is 8.74. The van der Waals surface area contributed by atoms with E-state index >= 15 is 0 Å². The molecule has 6 heteroatoms. The molecule has 2 aliphatic rings. The molecule has 0 bridgehead atoms. The highest BCUT2D eigenvalue weighted by Gasteiger charge is 2.32. The number of aryl methyl sites for hydroxylation is 1. The van der Waals surface area contributed by atoms with E-state index in [1.807, 2.05) is 19.9 Å². The van der Waals surface area contributed by atoms with Crippen LogP contribution in [0.15, 0.2) is 6.07 Å². The minimum Gasteiger partial charge on any atom is -0.478 e. The van der Waals surface area contributed by atoms with Gasteiger partial charge in [-0.3, -0.25) is 4.90 Å². The Morgan fingerprint density at radius 3 is 2.70 bits per heavy atom. The standard InChI is InChI=1S/C17H29N5O/c1-4-23-15-11-14(2)19-16(20-15)22-9-7-21(8-10-22)13-17(3)5-6-18-12-17/h11,18H,4-10,12-13H2,1-3H3. The van der Waals surface area contributed by atoms with Crippen LogP contribution in [0.2, 0.25) is 0 Å². The predicted octanol–water partition coefficient (Wildman–Crippen LogP) is 1.31. The van der Waals surface area contributed by atoms with E-state index < -0.39 is 0 Å². The first-order valence-electron chi connectivity index (χ1n) is 8.74. The molecule has 2 fully saturated rings. The lowest BCUT2D eigenvalue weighted by Gasteiger charge is -2.38. The molecule has 6 nitrogen and oxygen atoms in total. The van der Waals surface area contributed by atoms with Gasteiger partial charge in [0, 0.05) is 51.0 Å². The van der Waals surface area contributed by atoms with Gasteiger partial charge in [0.05, 0.1) is 6.61 Å². The van der Waals surface area contributed by atoms with E-state index in [4.69, 9.17) is 4.74 Å². The van der Waals surface area contributed by atoms with E-state index in [-0.39, 0.29) is 0 Å². The van der Waals surface area contributed by atoms with Gasteiger partial charge < -0.3 is 15.0 Å². The first kappa shape index (κ1) is 16.5.